The molecular weight excluding hydrogens is 130 g/mol. The summed E-state index contributed by atoms with van der Waals surface area (Å²) in [6, 6.07) is 0. The highest BCUT2D eigenvalue weighted by atomic mass is 16.6. The SMILES string of the molecule is CCONC(=O)C1CCC1. The number of carbonyl (C=O) groups excluding carboxylic acids is 1. The molecule has 0 saturated heterocycles. The largest absolute Gasteiger partial charge is 0.274 e. The Bertz CT molecular complexity index is 121. The molecule has 0 unspecified atom stereocenters. The summed E-state index contributed by atoms with van der Waals surface area (Å²) >= 11 is 0. The number of rotatable bonds is 3. The van der Waals surface area contributed by atoms with Crippen LogP contribution in [0.3, 0.4) is 0 Å². The van der Waals surface area contributed by atoms with Crippen molar-refractivity contribution in [3.63, 3.8) is 0 Å². The van der Waals surface area contributed by atoms with E-state index in [2.05, 4.69) is 5.48 Å². The number of hydroxylamine groups is 1. The quantitative estimate of drug-likeness (QED) is 0.595. The molecule has 0 heterocycles. The topological polar surface area (TPSA) is 38.3 Å². The number of hydrogen-bond acceptors (Lipinski definition) is 2. The lowest BCUT2D eigenvalue weighted by Gasteiger charge is -2.23. The average Bonchev–Trinajstić information content (AvgIpc) is 1.79. The third kappa shape index (κ3) is 1.70. The summed E-state index contributed by atoms with van der Waals surface area (Å²) in [4.78, 5) is 15.7. The van der Waals surface area contributed by atoms with Crippen LogP contribution in [0.15, 0.2) is 0 Å². The molecule has 0 aliphatic heterocycles. The minimum Gasteiger partial charge on any atom is -0.274 e. The van der Waals surface area contributed by atoms with Crippen LogP contribution in [0.25, 0.3) is 0 Å². The van der Waals surface area contributed by atoms with Crippen LogP contribution >= 0.6 is 0 Å². The zero-order valence-electron chi connectivity index (χ0n) is 6.22. The first-order valence-electron chi connectivity index (χ1n) is 3.76. The molecule has 0 aromatic heterocycles. The average molecular weight is 143 g/mol. The van der Waals surface area contributed by atoms with Gasteiger partial charge in [0.1, 0.15) is 0 Å². The lowest BCUT2D eigenvalue weighted by Crippen LogP contribution is -2.34. The Labute approximate surface area is 60.7 Å². The van der Waals surface area contributed by atoms with Crippen LogP contribution in [0.1, 0.15) is 26.2 Å². The first kappa shape index (κ1) is 7.54. The van der Waals surface area contributed by atoms with Crippen molar-refractivity contribution in [1.82, 2.24) is 5.48 Å². The Balaban J connectivity index is 2.08. The van der Waals surface area contributed by atoms with Gasteiger partial charge in [-0.15, -0.1) is 0 Å². The van der Waals surface area contributed by atoms with Gasteiger partial charge in [0, 0.05) is 5.92 Å². The molecule has 0 bridgehead atoms. The van der Waals surface area contributed by atoms with E-state index in [9.17, 15) is 4.79 Å². The predicted octanol–water partition coefficient (Wildman–Crippen LogP) is 0.854. The first-order valence-corrected chi connectivity index (χ1v) is 3.76. The Morgan fingerprint density at radius 2 is 2.40 bits per heavy atom. The van der Waals surface area contributed by atoms with Gasteiger partial charge < -0.3 is 0 Å². The van der Waals surface area contributed by atoms with Crippen molar-refractivity contribution in [3.05, 3.63) is 0 Å². The van der Waals surface area contributed by atoms with Crippen molar-refractivity contribution in [2.75, 3.05) is 6.61 Å². The molecule has 1 rings (SSSR count). The fraction of sp³-hybridized carbons (Fsp3) is 0.857. The van der Waals surface area contributed by atoms with Gasteiger partial charge in [-0.1, -0.05) is 6.42 Å². The van der Waals surface area contributed by atoms with Crippen LogP contribution in [-0.2, 0) is 9.63 Å². The summed E-state index contributed by atoms with van der Waals surface area (Å²) in [5.74, 6) is 0.277. The molecule has 1 N–H and O–H groups in total. The Morgan fingerprint density at radius 1 is 1.70 bits per heavy atom. The van der Waals surface area contributed by atoms with Gasteiger partial charge >= 0.3 is 0 Å². The molecule has 10 heavy (non-hydrogen) atoms. The second-order valence-electron chi connectivity index (χ2n) is 2.53. The van der Waals surface area contributed by atoms with Gasteiger partial charge in [0.2, 0.25) is 5.91 Å². The number of nitrogens with one attached hydrogen (secondary N) is 1. The molecule has 58 valence electrons. The van der Waals surface area contributed by atoms with E-state index in [-0.39, 0.29) is 11.8 Å². The third-order valence-electron chi connectivity index (χ3n) is 1.79. The Kier molecular flexibility index (Phi) is 2.68. The fourth-order valence-electron chi connectivity index (χ4n) is 0.897. The Hall–Kier alpha value is -0.570. The normalized spacial score (nSPS) is 18.1. The molecular formula is C7H13NO2. The lowest BCUT2D eigenvalue weighted by molar-refractivity contribution is -0.139. The molecule has 0 radical (unpaired) electrons. The maximum Gasteiger partial charge on any atom is 0.246 e. The zero-order valence-corrected chi connectivity index (χ0v) is 6.22. The van der Waals surface area contributed by atoms with Crippen LogP contribution in [0.2, 0.25) is 0 Å². The van der Waals surface area contributed by atoms with Crippen LogP contribution in [0.4, 0.5) is 0 Å². The van der Waals surface area contributed by atoms with Gasteiger partial charge in [-0.3, -0.25) is 9.63 Å². The third-order valence-corrected chi connectivity index (χ3v) is 1.79. The summed E-state index contributed by atoms with van der Waals surface area (Å²) in [6.45, 7) is 2.39. The minimum absolute atomic E-state index is 0.0492. The monoisotopic (exact) mass is 143 g/mol. The van der Waals surface area contributed by atoms with Crippen LogP contribution in [-0.4, -0.2) is 12.5 Å². The van der Waals surface area contributed by atoms with Crippen molar-refractivity contribution in [1.29, 1.82) is 0 Å². The maximum atomic E-state index is 10.9. The van der Waals surface area contributed by atoms with Crippen molar-refractivity contribution in [2.24, 2.45) is 5.92 Å². The van der Waals surface area contributed by atoms with E-state index in [1.807, 2.05) is 6.92 Å². The fourth-order valence-corrected chi connectivity index (χ4v) is 0.897. The van der Waals surface area contributed by atoms with Gasteiger partial charge in [-0.2, -0.15) is 0 Å². The second kappa shape index (κ2) is 3.56. The molecule has 1 amide bonds. The van der Waals surface area contributed by atoms with Crippen molar-refractivity contribution in [3.8, 4) is 0 Å². The van der Waals surface area contributed by atoms with Crippen LogP contribution in [0, 0.1) is 5.92 Å². The van der Waals surface area contributed by atoms with Crippen molar-refractivity contribution < 1.29 is 9.63 Å². The molecule has 1 aliphatic rings. The molecule has 1 fully saturated rings. The summed E-state index contributed by atoms with van der Waals surface area (Å²) in [5, 5.41) is 0. The van der Waals surface area contributed by atoms with E-state index in [1.54, 1.807) is 0 Å². The molecule has 0 aromatic carbocycles. The molecule has 3 nitrogen and oxygen atoms in total. The van der Waals surface area contributed by atoms with Gasteiger partial charge in [0.15, 0.2) is 0 Å². The van der Waals surface area contributed by atoms with E-state index in [1.165, 1.54) is 6.42 Å². The van der Waals surface area contributed by atoms with E-state index >= 15 is 0 Å². The smallest absolute Gasteiger partial charge is 0.246 e. The highest BCUT2D eigenvalue weighted by Crippen LogP contribution is 2.25. The molecule has 1 saturated carbocycles. The van der Waals surface area contributed by atoms with E-state index in [0.29, 0.717) is 6.61 Å². The van der Waals surface area contributed by atoms with Gasteiger partial charge in [-0.25, -0.2) is 5.48 Å². The van der Waals surface area contributed by atoms with E-state index in [0.717, 1.165) is 12.8 Å². The van der Waals surface area contributed by atoms with Gasteiger partial charge in [0.25, 0.3) is 0 Å². The summed E-state index contributed by atoms with van der Waals surface area (Å²) in [5.41, 5.74) is 2.40. The highest BCUT2D eigenvalue weighted by Gasteiger charge is 2.24. The van der Waals surface area contributed by atoms with Crippen LogP contribution < -0.4 is 5.48 Å². The maximum absolute atomic E-state index is 10.9. The van der Waals surface area contributed by atoms with E-state index < -0.39 is 0 Å². The lowest BCUT2D eigenvalue weighted by atomic mass is 9.85. The van der Waals surface area contributed by atoms with Gasteiger partial charge in [0.05, 0.1) is 6.61 Å². The predicted molar refractivity (Wildman–Crippen MR) is 37.1 cm³/mol. The molecule has 0 atom stereocenters. The van der Waals surface area contributed by atoms with Crippen molar-refractivity contribution >= 4 is 5.91 Å². The number of carbonyl (C=O) groups is 1. The first-order chi connectivity index (χ1) is 4.84. The van der Waals surface area contributed by atoms with Gasteiger partial charge in [-0.05, 0) is 19.8 Å². The van der Waals surface area contributed by atoms with Crippen molar-refractivity contribution in [2.45, 2.75) is 26.2 Å². The number of amides is 1. The van der Waals surface area contributed by atoms with E-state index in [4.69, 9.17) is 4.84 Å². The standard InChI is InChI=1S/C7H13NO2/c1-2-10-8-7(9)6-4-3-5-6/h6H,2-5H2,1H3,(H,8,9). The second-order valence-corrected chi connectivity index (χ2v) is 2.53. The van der Waals surface area contributed by atoms with Crippen LogP contribution in [0.5, 0.6) is 0 Å². The minimum atomic E-state index is 0.0492. The Morgan fingerprint density at radius 3 is 2.80 bits per heavy atom. The molecule has 0 spiro atoms. The molecule has 0 aromatic rings. The summed E-state index contributed by atoms with van der Waals surface area (Å²) in [6.07, 6.45) is 3.24. The number of hydrogen-bond donors (Lipinski definition) is 1. The zero-order chi connectivity index (χ0) is 7.40. The highest BCUT2D eigenvalue weighted by molar-refractivity contribution is 5.78. The molecule has 3 heteroatoms. The summed E-state index contributed by atoms with van der Waals surface area (Å²) in [7, 11) is 0. The summed E-state index contributed by atoms with van der Waals surface area (Å²) < 4.78 is 0. The molecule has 1 aliphatic carbocycles.